The van der Waals surface area contributed by atoms with Crippen molar-refractivity contribution in [3.05, 3.63) is 41.6 Å². The summed E-state index contributed by atoms with van der Waals surface area (Å²) in [6.07, 6.45) is 9.33. The van der Waals surface area contributed by atoms with Gasteiger partial charge in [0.25, 0.3) is 0 Å². The van der Waals surface area contributed by atoms with E-state index in [-0.39, 0.29) is 0 Å². The van der Waals surface area contributed by atoms with E-state index in [0.717, 1.165) is 12.4 Å². The van der Waals surface area contributed by atoms with Crippen LogP contribution in [-0.4, -0.2) is 21.2 Å². The lowest BCUT2D eigenvalue weighted by Crippen LogP contribution is -2.20. The van der Waals surface area contributed by atoms with Crippen LogP contribution in [0.25, 0.3) is 0 Å². The van der Waals surface area contributed by atoms with Gasteiger partial charge in [0.1, 0.15) is 0 Å². The third-order valence-corrected chi connectivity index (χ3v) is 4.34. The molecule has 1 aromatic heterocycles. The first-order valence-corrected chi connectivity index (χ1v) is 8.55. The maximum absolute atomic E-state index is 4.53. The minimum absolute atomic E-state index is 0.478. The van der Waals surface area contributed by atoms with Gasteiger partial charge in [0.15, 0.2) is 5.82 Å². The zero-order valence-electron chi connectivity index (χ0n) is 13.8. The Hall–Kier alpha value is -2.17. The number of hydrogen-bond acceptors (Lipinski definition) is 5. The summed E-state index contributed by atoms with van der Waals surface area (Å²) < 4.78 is 0. The molecule has 2 aromatic rings. The van der Waals surface area contributed by atoms with E-state index in [4.69, 9.17) is 0 Å². The Morgan fingerprint density at radius 3 is 2.52 bits per heavy atom. The van der Waals surface area contributed by atoms with Gasteiger partial charge in [-0.25, -0.2) is 0 Å². The molecule has 0 amide bonds. The van der Waals surface area contributed by atoms with Crippen LogP contribution in [0.4, 0.5) is 11.8 Å². The first kappa shape index (κ1) is 15.7. The first-order valence-electron chi connectivity index (χ1n) is 8.55. The van der Waals surface area contributed by atoms with Crippen LogP contribution in [0.15, 0.2) is 30.5 Å². The van der Waals surface area contributed by atoms with Crippen molar-refractivity contribution < 1.29 is 0 Å². The lowest BCUT2D eigenvalue weighted by atomic mass is 10.1. The highest BCUT2D eigenvalue weighted by atomic mass is 15.3. The highest BCUT2D eigenvalue weighted by Gasteiger charge is 2.13. The van der Waals surface area contributed by atoms with E-state index in [2.05, 4.69) is 57.0 Å². The van der Waals surface area contributed by atoms with Gasteiger partial charge in [0.05, 0.1) is 6.20 Å². The van der Waals surface area contributed by atoms with Gasteiger partial charge >= 0.3 is 0 Å². The van der Waals surface area contributed by atoms with Crippen LogP contribution in [-0.2, 0) is 6.54 Å². The van der Waals surface area contributed by atoms with Gasteiger partial charge in [-0.15, -0.1) is 5.10 Å². The van der Waals surface area contributed by atoms with Gasteiger partial charge < -0.3 is 10.6 Å². The first-order chi connectivity index (χ1) is 11.3. The molecule has 1 aliphatic carbocycles. The quantitative estimate of drug-likeness (QED) is 0.819. The average molecular weight is 311 g/mol. The molecule has 0 aliphatic heterocycles. The Labute approximate surface area is 137 Å². The van der Waals surface area contributed by atoms with E-state index in [1.54, 1.807) is 6.20 Å². The number of anilines is 2. The second-order valence-corrected chi connectivity index (χ2v) is 6.34. The summed E-state index contributed by atoms with van der Waals surface area (Å²) in [5.74, 6) is 1.39. The molecule has 1 heterocycles. The van der Waals surface area contributed by atoms with Gasteiger partial charge in [-0.3, -0.25) is 0 Å². The molecule has 5 nitrogen and oxygen atoms in total. The minimum atomic E-state index is 0.478. The Kier molecular flexibility index (Phi) is 5.40. The highest BCUT2D eigenvalue weighted by molar-refractivity contribution is 5.38. The molecular weight excluding hydrogens is 286 g/mol. The summed E-state index contributed by atoms with van der Waals surface area (Å²) in [6.45, 7) is 2.83. The third kappa shape index (κ3) is 4.91. The predicted molar refractivity (Wildman–Crippen MR) is 93.4 cm³/mol. The Bertz CT molecular complexity index is 603. The maximum atomic E-state index is 4.53. The molecule has 5 heteroatoms. The van der Waals surface area contributed by atoms with Crippen molar-refractivity contribution >= 4 is 11.8 Å². The van der Waals surface area contributed by atoms with Crippen LogP contribution < -0.4 is 10.6 Å². The predicted octanol–water partition coefficient (Wildman–Crippen LogP) is 3.93. The number of nitrogens with zero attached hydrogens (tertiary/aromatic N) is 3. The lowest BCUT2D eigenvalue weighted by Gasteiger charge is -2.16. The molecule has 3 rings (SSSR count). The number of benzene rings is 1. The van der Waals surface area contributed by atoms with E-state index in [0.29, 0.717) is 12.0 Å². The summed E-state index contributed by atoms with van der Waals surface area (Å²) in [5.41, 5.74) is 2.50. The Balaban J connectivity index is 1.57. The molecule has 0 saturated heterocycles. The van der Waals surface area contributed by atoms with Crippen molar-refractivity contribution in [1.82, 2.24) is 15.2 Å². The molecule has 23 heavy (non-hydrogen) atoms. The minimum Gasteiger partial charge on any atom is -0.365 e. The summed E-state index contributed by atoms with van der Waals surface area (Å²) in [7, 11) is 0. The molecule has 0 spiro atoms. The van der Waals surface area contributed by atoms with Crippen LogP contribution in [0.1, 0.15) is 49.7 Å². The second kappa shape index (κ2) is 7.90. The average Bonchev–Trinajstić information content (AvgIpc) is 2.83. The van der Waals surface area contributed by atoms with Crippen LogP contribution in [0, 0.1) is 6.92 Å². The molecule has 2 N–H and O–H groups in total. The number of nitrogens with one attached hydrogen (secondary N) is 2. The van der Waals surface area contributed by atoms with Crippen molar-refractivity contribution in [1.29, 1.82) is 0 Å². The summed E-state index contributed by atoms with van der Waals surface area (Å²) in [4.78, 5) is 4.53. The molecule has 1 aromatic carbocycles. The van der Waals surface area contributed by atoms with Crippen molar-refractivity contribution in [3.8, 4) is 0 Å². The third-order valence-electron chi connectivity index (χ3n) is 4.34. The molecule has 1 aliphatic rings. The zero-order chi connectivity index (χ0) is 15.9. The van der Waals surface area contributed by atoms with E-state index in [1.807, 2.05) is 0 Å². The molecule has 122 valence electrons. The van der Waals surface area contributed by atoms with Crippen molar-refractivity contribution in [2.24, 2.45) is 0 Å². The molecule has 1 fully saturated rings. The van der Waals surface area contributed by atoms with Crippen LogP contribution in [0.2, 0.25) is 0 Å². The normalized spacial score (nSPS) is 15.9. The zero-order valence-corrected chi connectivity index (χ0v) is 13.8. The molecule has 1 saturated carbocycles. The van der Waals surface area contributed by atoms with E-state index in [9.17, 15) is 0 Å². The van der Waals surface area contributed by atoms with Crippen molar-refractivity contribution in [3.63, 3.8) is 0 Å². The number of rotatable bonds is 5. The standard InChI is InChI=1S/C18H25N5/c1-14-8-10-15(11-9-14)12-19-17-13-20-23-18(22-17)21-16-6-4-2-3-5-7-16/h8-11,13,16H,2-7,12H2,1H3,(H2,19,21,22,23). The lowest BCUT2D eigenvalue weighted by molar-refractivity contribution is 0.613. The summed E-state index contributed by atoms with van der Waals surface area (Å²) in [6, 6.07) is 8.97. The van der Waals surface area contributed by atoms with Gasteiger partial charge in [0, 0.05) is 12.6 Å². The van der Waals surface area contributed by atoms with E-state index in [1.165, 1.54) is 49.7 Å². The fourth-order valence-electron chi connectivity index (χ4n) is 2.95. The molecule has 0 radical (unpaired) electrons. The van der Waals surface area contributed by atoms with Gasteiger partial charge in [-0.05, 0) is 25.3 Å². The molecular formula is C18H25N5. The summed E-state index contributed by atoms with van der Waals surface area (Å²) >= 11 is 0. The summed E-state index contributed by atoms with van der Waals surface area (Å²) in [5, 5.41) is 14.9. The molecule has 0 bridgehead atoms. The van der Waals surface area contributed by atoms with Gasteiger partial charge in [0.2, 0.25) is 5.95 Å². The van der Waals surface area contributed by atoms with Crippen LogP contribution in [0.3, 0.4) is 0 Å². The van der Waals surface area contributed by atoms with Crippen LogP contribution in [0.5, 0.6) is 0 Å². The van der Waals surface area contributed by atoms with Crippen LogP contribution >= 0.6 is 0 Å². The molecule has 0 atom stereocenters. The van der Waals surface area contributed by atoms with Crippen molar-refractivity contribution in [2.75, 3.05) is 10.6 Å². The smallest absolute Gasteiger partial charge is 0.244 e. The van der Waals surface area contributed by atoms with Gasteiger partial charge in [-0.2, -0.15) is 10.1 Å². The Morgan fingerprint density at radius 1 is 1.04 bits per heavy atom. The number of hydrogen-bond donors (Lipinski definition) is 2. The highest BCUT2D eigenvalue weighted by Crippen LogP contribution is 2.20. The topological polar surface area (TPSA) is 62.7 Å². The second-order valence-electron chi connectivity index (χ2n) is 6.34. The maximum Gasteiger partial charge on any atom is 0.244 e. The van der Waals surface area contributed by atoms with Gasteiger partial charge in [-0.1, -0.05) is 55.5 Å². The SMILES string of the molecule is Cc1ccc(CNc2cnnc(NC3CCCCCC3)n2)cc1. The molecule has 0 unspecified atom stereocenters. The monoisotopic (exact) mass is 311 g/mol. The number of aryl methyl sites for hydroxylation is 1. The Morgan fingerprint density at radius 2 is 1.78 bits per heavy atom. The van der Waals surface area contributed by atoms with E-state index >= 15 is 0 Å². The number of aromatic nitrogens is 3. The van der Waals surface area contributed by atoms with E-state index < -0.39 is 0 Å². The largest absolute Gasteiger partial charge is 0.365 e. The fraction of sp³-hybridized carbons (Fsp3) is 0.500. The fourth-order valence-corrected chi connectivity index (χ4v) is 2.95. The van der Waals surface area contributed by atoms with Crippen molar-refractivity contribution in [2.45, 2.75) is 58.0 Å².